The number of rotatable bonds is 5. The molecule has 138 valence electrons. The van der Waals surface area contributed by atoms with Gasteiger partial charge in [0.15, 0.2) is 0 Å². The summed E-state index contributed by atoms with van der Waals surface area (Å²) >= 11 is 0. The van der Waals surface area contributed by atoms with Gasteiger partial charge in [-0.1, -0.05) is 19.1 Å². The van der Waals surface area contributed by atoms with Crippen molar-refractivity contribution in [1.29, 1.82) is 0 Å². The number of amides is 1. The zero-order valence-electron chi connectivity index (χ0n) is 15.7. The van der Waals surface area contributed by atoms with Gasteiger partial charge in [-0.05, 0) is 56.9 Å². The van der Waals surface area contributed by atoms with Crippen LogP contribution in [-0.2, 0) is 0 Å². The van der Waals surface area contributed by atoms with Crippen molar-refractivity contribution in [1.82, 2.24) is 9.88 Å². The van der Waals surface area contributed by atoms with Crippen molar-refractivity contribution in [2.75, 3.05) is 18.4 Å². The van der Waals surface area contributed by atoms with Gasteiger partial charge >= 0.3 is 0 Å². The van der Waals surface area contributed by atoms with Gasteiger partial charge in [-0.3, -0.25) is 4.79 Å². The molecule has 5 nitrogen and oxygen atoms in total. The lowest BCUT2D eigenvalue weighted by Crippen LogP contribution is -2.39. The lowest BCUT2D eigenvalue weighted by Gasteiger charge is -2.30. The third-order valence-electron chi connectivity index (χ3n) is 4.47. The van der Waals surface area contributed by atoms with Crippen LogP contribution in [0.3, 0.4) is 0 Å². The van der Waals surface area contributed by atoms with Crippen LogP contribution in [0.5, 0.6) is 5.75 Å². The highest BCUT2D eigenvalue weighted by Gasteiger charge is 2.22. The fourth-order valence-corrected chi connectivity index (χ4v) is 3.22. The van der Waals surface area contributed by atoms with Crippen LogP contribution in [0.15, 0.2) is 42.6 Å². The molecule has 5 heteroatoms. The van der Waals surface area contributed by atoms with E-state index in [9.17, 15) is 4.79 Å². The number of hydrogen-bond acceptors (Lipinski definition) is 4. The standard InChI is InChI=1S/C21H27N3O2/c1-15(2)26-19-9-5-4-8-18(19)23-20-11-10-17(13-22-20)21(25)24-12-6-7-16(3)14-24/h4-5,8-11,13,15-16H,6-7,12,14H2,1-3H3,(H,22,23). The molecule has 1 atom stereocenters. The molecule has 1 N–H and O–H groups in total. The molecule has 3 rings (SSSR count). The van der Waals surface area contributed by atoms with Gasteiger partial charge < -0.3 is 15.0 Å². The molecule has 1 aromatic heterocycles. The number of nitrogens with zero attached hydrogens (tertiary/aromatic N) is 2. The van der Waals surface area contributed by atoms with Crippen LogP contribution in [0.1, 0.15) is 44.0 Å². The first-order valence-electron chi connectivity index (χ1n) is 9.31. The molecule has 1 amide bonds. The molecule has 1 aliphatic rings. The maximum Gasteiger partial charge on any atom is 0.255 e. The predicted octanol–water partition coefficient (Wildman–Crippen LogP) is 4.48. The second kappa shape index (κ2) is 8.21. The van der Waals surface area contributed by atoms with E-state index in [-0.39, 0.29) is 12.0 Å². The normalized spacial score (nSPS) is 17.2. The summed E-state index contributed by atoms with van der Waals surface area (Å²) in [6.07, 6.45) is 4.02. The fourth-order valence-electron chi connectivity index (χ4n) is 3.22. The summed E-state index contributed by atoms with van der Waals surface area (Å²) in [5, 5.41) is 3.27. The quantitative estimate of drug-likeness (QED) is 0.861. The Morgan fingerprint density at radius 1 is 1.27 bits per heavy atom. The topological polar surface area (TPSA) is 54.5 Å². The monoisotopic (exact) mass is 353 g/mol. The van der Waals surface area contributed by atoms with Crippen molar-refractivity contribution in [3.05, 3.63) is 48.2 Å². The number of carbonyl (C=O) groups excluding carboxylic acids is 1. The Labute approximate surface area is 155 Å². The number of pyridine rings is 1. The minimum Gasteiger partial charge on any atom is -0.489 e. The van der Waals surface area contributed by atoms with E-state index in [4.69, 9.17) is 4.74 Å². The average molecular weight is 353 g/mol. The largest absolute Gasteiger partial charge is 0.489 e. The first-order valence-corrected chi connectivity index (χ1v) is 9.31. The zero-order valence-corrected chi connectivity index (χ0v) is 15.7. The van der Waals surface area contributed by atoms with Gasteiger partial charge in [0.2, 0.25) is 0 Å². The van der Waals surface area contributed by atoms with E-state index in [2.05, 4.69) is 17.2 Å². The van der Waals surface area contributed by atoms with Crippen molar-refractivity contribution in [3.63, 3.8) is 0 Å². The first-order chi connectivity index (χ1) is 12.5. The lowest BCUT2D eigenvalue weighted by atomic mass is 10.00. The van der Waals surface area contributed by atoms with Crippen LogP contribution in [0, 0.1) is 5.92 Å². The summed E-state index contributed by atoms with van der Waals surface area (Å²) in [5.74, 6) is 2.11. The van der Waals surface area contributed by atoms with Crippen molar-refractivity contribution >= 4 is 17.4 Å². The van der Waals surface area contributed by atoms with E-state index in [0.29, 0.717) is 17.3 Å². The van der Waals surface area contributed by atoms with E-state index in [1.165, 1.54) is 6.42 Å². The minimum absolute atomic E-state index is 0.0686. The molecule has 0 bridgehead atoms. The molecule has 1 saturated heterocycles. The van der Waals surface area contributed by atoms with Gasteiger partial charge in [0, 0.05) is 19.3 Å². The molecular weight excluding hydrogens is 326 g/mol. The number of likely N-dealkylation sites (tertiary alicyclic amines) is 1. The fraction of sp³-hybridized carbons (Fsp3) is 0.429. The summed E-state index contributed by atoms with van der Waals surface area (Å²) in [7, 11) is 0. The molecular formula is C21H27N3O2. The molecule has 1 unspecified atom stereocenters. The second-order valence-electron chi connectivity index (χ2n) is 7.22. The summed E-state index contributed by atoms with van der Waals surface area (Å²) in [4.78, 5) is 19.0. The molecule has 0 radical (unpaired) electrons. The number of anilines is 2. The minimum atomic E-state index is 0.0686. The van der Waals surface area contributed by atoms with Crippen LogP contribution in [0.2, 0.25) is 0 Å². The average Bonchev–Trinajstić information content (AvgIpc) is 2.63. The van der Waals surface area contributed by atoms with E-state index in [0.717, 1.165) is 30.9 Å². The van der Waals surface area contributed by atoms with E-state index in [1.807, 2.05) is 55.1 Å². The Balaban J connectivity index is 1.69. The first kappa shape index (κ1) is 18.2. The second-order valence-corrected chi connectivity index (χ2v) is 7.22. The van der Waals surface area contributed by atoms with E-state index >= 15 is 0 Å². The van der Waals surface area contributed by atoms with Crippen molar-refractivity contribution < 1.29 is 9.53 Å². The molecule has 1 fully saturated rings. The third-order valence-corrected chi connectivity index (χ3v) is 4.47. The van der Waals surface area contributed by atoms with E-state index < -0.39 is 0 Å². The van der Waals surface area contributed by atoms with Crippen LogP contribution in [0.4, 0.5) is 11.5 Å². The Morgan fingerprint density at radius 2 is 2.08 bits per heavy atom. The Morgan fingerprint density at radius 3 is 2.77 bits per heavy atom. The summed E-state index contributed by atoms with van der Waals surface area (Å²) in [5.41, 5.74) is 1.49. The maximum atomic E-state index is 12.6. The smallest absolute Gasteiger partial charge is 0.255 e. The molecule has 0 aliphatic carbocycles. The molecule has 2 heterocycles. The van der Waals surface area contributed by atoms with Gasteiger partial charge in [-0.15, -0.1) is 0 Å². The SMILES string of the molecule is CC1CCCN(C(=O)c2ccc(Nc3ccccc3OC(C)C)nc2)C1. The number of ether oxygens (including phenoxy) is 1. The number of para-hydroxylation sites is 2. The summed E-state index contributed by atoms with van der Waals surface area (Å²) in [6.45, 7) is 7.86. The Hall–Kier alpha value is -2.56. The van der Waals surface area contributed by atoms with Crippen LogP contribution in [0.25, 0.3) is 0 Å². The number of hydrogen-bond donors (Lipinski definition) is 1. The van der Waals surface area contributed by atoms with Gasteiger partial charge in [0.05, 0.1) is 17.4 Å². The lowest BCUT2D eigenvalue weighted by molar-refractivity contribution is 0.0682. The number of aromatic nitrogens is 1. The zero-order chi connectivity index (χ0) is 18.5. The molecule has 26 heavy (non-hydrogen) atoms. The Bertz CT molecular complexity index is 743. The summed E-state index contributed by atoms with van der Waals surface area (Å²) < 4.78 is 5.82. The molecule has 2 aromatic rings. The van der Waals surface area contributed by atoms with Crippen LogP contribution < -0.4 is 10.1 Å². The maximum absolute atomic E-state index is 12.6. The number of nitrogens with one attached hydrogen (secondary N) is 1. The molecule has 0 spiro atoms. The molecule has 1 aliphatic heterocycles. The van der Waals surface area contributed by atoms with E-state index in [1.54, 1.807) is 6.20 Å². The third kappa shape index (κ3) is 4.54. The number of benzene rings is 1. The summed E-state index contributed by atoms with van der Waals surface area (Å²) in [6, 6.07) is 11.4. The number of piperidine rings is 1. The molecule has 0 saturated carbocycles. The van der Waals surface area contributed by atoms with Gasteiger partial charge in [0.1, 0.15) is 11.6 Å². The van der Waals surface area contributed by atoms with Gasteiger partial charge in [-0.2, -0.15) is 0 Å². The van der Waals surface area contributed by atoms with Crippen LogP contribution >= 0.6 is 0 Å². The van der Waals surface area contributed by atoms with Crippen molar-refractivity contribution in [2.45, 2.75) is 39.7 Å². The predicted molar refractivity (Wildman–Crippen MR) is 104 cm³/mol. The highest BCUT2D eigenvalue weighted by atomic mass is 16.5. The highest BCUT2D eigenvalue weighted by Crippen LogP contribution is 2.27. The van der Waals surface area contributed by atoms with Crippen molar-refractivity contribution in [2.24, 2.45) is 5.92 Å². The van der Waals surface area contributed by atoms with Gasteiger partial charge in [-0.25, -0.2) is 4.98 Å². The van der Waals surface area contributed by atoms with Gasteiger partial charge in [0.25, 0.3) is 5.91 Å². The molecule has 1 aromatic carbocycles. The Kier molecular flexibility index (Phi) is 5.76. The number of carbonyl (C=O) groups is 1. The highest BCUT2D eigenvalue weighted by molar-refractivity contribution is 5.94. The van der Waals surface area contributed by atoms with Crippen LogP contribution in [-0.4, -0.2) is 35.0 Å². The van der Waals surface area contributed by atoms with Crippen molar-refractivity contribution in [3.8, 4) is 5.75 Å².